The number of carbonyl (C=O) groups excluding carboxylic acids is 2. The van der Waals surface area contributed by atoms with Crippen molar-refractivity contribution < 1.29 is 24.2 Å². The predicted molar refractivity (Wildman–Crippen MR) is 129 cm³/mol. The first-order valence-corrected chi connectivity index (χ1v) is 10.9. The summed E-state index contributed by atoms with van der Waals surface area (Å²) in [5, 5.41) is 16.1. The molecular weight excluding hydrogens is 499 g/mol. The smallest absolute Gasteiger partial charge is 0.326 e. The van der Waals surface area contributed by atoms with Crippen LogP contribution in [-0.2, 0) is 22.6 Å². The SMILES string of the molecule is COc1cnn(CC(N)=O)c(=O)c1-c1ccc(C[C@H](NC(=O)c2c(Cl)cccc2Cl)C(=O)O)cc1. The quantitative estimate of drug-likeness (QED) is 0.392. The van der Waals surface area contributed by atoms with Gasteiger partial charge in [0.15, 0.2) is 5.75 Å². The van der Waals surface area contributed by atoms with Gasteiger partial charge >= 0.3 is 5.97 Å². The summed E-state index contributed by atoms with van der Waals surface area (Å²) in [6.45, 7) is -0.399. The molecule has 1 heterocycles. The zero-order valence-electron chi connectivity index (χ0n) is 18.3. The van der Waals surface area contributed by atoms with Crippen molar-refractivity contribution in [2.75, 3.05) is 7.11 Å². The largest absolute Gasteiger partial charge is 0.494 e. The van der Waals surface area contributed by atoms with Gasteiger partial charge < -0.3 is 20.9 Å². The number of halogens is 2. The van der Waals surface area contributed by atoms with Crippen LogP contribution in [0.4, 0.5) is 0 Å². The van der Waals surface area contributed by atoms with Crippen LogP contribution >= 0.6 is 23.2 Å². The molecule has 3 rings (SSSR count). The Labute approximate surface area is 209 Å². The Hall–Kier alpha value is -3.89. The minimum Gasteiger partial charge on any atom is -0.494 e. The lowest BCUT2D eigenvalue weighted by Gasteiger charge is -2.16. The molecule has 2 amide bonds. The maximum absolute atomic E-state index is 12.8. The molecule has 1 aromatic heterocycles. The maximum atomic E-state index is 12.8. The van der Waals surface area contributed by atoms with E-state index in [9.17, 15) is 24.3 Å². The highest BCUT2D eigenvalue weighted by molar-refractivity contribution is 6.39. The molecule has 0 fully saturated rings. The third kappa shape index (κ3) is 5.97. The fourth-order valence-corrected chi connectivity index (χ4v) is 3.91. The molecule has 182 valence electrons. The number of nitrogens with one attached hydrogen (secondary N) is 1. The van der Waals surface area contributed by atoms with Crippen LogP contribution < -0.4 is 21.3 Å². The summed E-state index contributed by atoms with van der Waals surface area (Å²) in [4.78, 5) is 48.5. The van der Waals surface area contributed by atoms with Gasteiger partial charge in [-0.25, -0.2) is 9.48 Å². The first-order chi connectivity index (χ1) is 16.6. The van der Waals surface area contributed by atoms with Gasteiger partial charge in [0.25, 0.3) is 11.5 Å². The second-order valence-electron chi connectivity index (χ2n) is 7.38. The van der Waals surface area contributed by atoms with Crippen molar-refractivity contribution in [2.24, 2.45) is 5.73 Å². The van der Waals surface area contributed by atoms with Crippen LogP contribution in [0.1, 0.15) is 15.9 Å². The summed E-state index contributed by atoms with van der Waals surface area (Å²) >= 11 is 12.1. The monoisotopic (exact) mass is 518 g/mol. The summed E-state index contributed by atoms with van der Waals surface area (Å²) in [7, 11) is 1.37. The number of methoxy groups -OCH3 is 1. The van der Waals surface area contributed by atoms with E-state index in [-0.39, 0.29) is 33.3 Å². The van der Waals surface area contributed by atoms with E-state index < -0.39 is 35.9 Å². The van der Waals surface area contributed by atoms with Crippen LogP contribution in [0.25, 0.3) is 11.1 Å². The molecule has 3 aromatic rings. The van der Waals surface area contributed by atoms with Gasteiger partial charge in [-0.1, -0.05) is 53.5 Å². The second-order valence-corrected chi connectivity index (χ2v) is 8.19. The number of carboxylic acid groups (broad SMARTS) is 1. The lowest BCUT2D eigenvalue weighted by atomic mass is 10.0. The standard InChI is InChI=1S/C23H20Cl2N4O6/c1-35-17-10-27-29(11-18(26)30)22(32)19(17)13-7-5-12(6-8-13)9-16(23(33)34)28-21(31)20-14(24)3-2-4-15(20)25/h2-8,10,16H,9,11H2,1H3,(H2,26,30)(H,28,31)(H,33,34)/t16-/m0/s1. The first kappa shape index (κ1) is 25.7. The van der Waals surface area contributed by atoms with Crippen molar-refractivity contribution in [1.82, 2.24) is 15.1 Å². The van der Waals surface area contributed by atoms with Crippen LogP contribution in [-0.4, -0.2) is 45.8 Å². The van der Waals surface area contributed by atoms with E-state index >= 15 is 0 Å². The molecular formula is C23H20Cl2N4O6. The summed E-state index contributed by atoms with van der Waals surface area (Å²) in [6, 6.07) is 9.64. The number of hydrogen-bond donors (Lipinski definition) is 3. The number of rotatable bonds is 9. The summed E-state index contributed by atoms with van der Waals surface area (Å²) in [5.74, 6) is -2.52. The molecule has 1 atom stereocenters. The number of aliphatic carboxylic acids is 1. The first-order valence-electron chi connectivity index (χ1n) is 10.1. The van der Waals surface area contributed by atoms with Gasteiger partial charge in [-0.2, -0.15) is 5.10 Å². The van der Waals surface area contributed by atoms with Crippen LogP contribution in [0.3, 0.4) is 0 Å². The Bertz CT molecular complexity index is 1320. The molecule has 0 aliphatic rings. The minimum absolute atomic E-state index is 0.0190. The molecule has 0 aliphatic heterocycles. The molecule has 35 heavy (non-hydrogen) atoms. The van der Waals surface area contributed by atoms with Crippen molar-refractivity contribution in [3.63, 3.8) is 0 Å². The molecule has 0 saturated carbocycles. The average Bonchev–Trinajstić information content (AvgIpc) is 2.80. The van der Waals surface area contributed by atoms with Crippen LogP contribution in [0.5, 0.6) is 5.75 Å². The maximum Gasteiger partial charge on any atom is 0.326 e. The lowest BCUT2D eigenvalue weighted by Crippen LogP contribution is -2.42. The Morgan fingerprint density at radius 3 is 2.31 bits per heavy atom. The van der Waals surface area contributed by atoms with Gasteiger partial charge in [-0.05, 0) is 23.3 Å². The molecule has 0 radical (unpaired) electrons. The number of ether oxygens (including phenoxy) is 1. The van der Waals surface area contributed by atoms with Crippen LogP contribution in [0.15, 0.2) is 53.5 Å². The molecule has 4 N–H and O–H groups in total. The van der Waals surface area contributed by atoms with Crippen molar-refractivity contribution >= 4 is 41.0 Å². The van der Waals surface area contributed by atoms with Gasteiger partial charge in [-0.15, -0.1) is 0 Å². The molecule has 0 unspecified atom stereocenters. The highest BCUT2D eigenvalue weighted by Gasteiger charge is 2.24. The van der Waals surface area contributed by atoms with Gasteiger partial charge in [0.05, 0.1) is 34.5 Å². The zero-order chi connectivity index (χ0) is 25.7. The number of hydrogen-bond acceptors (Lipinski definition) is 6. The fourth-order valence-electron chi connectivity index (χ4n) is 3.34. The fraction of sp³-hybridized carbons (Fsp3) is 0.174. The number of primary amides is 1. The molecule has 12 heteroatoms. The predicted octanol–water partition coefficient (Wildman–Crippen LogP) is 2.14. The average molecular weight is 519 g/mol. The number of carbonyl (C=O) groups is 3. The third-order valence-corrected chi connectivity index (χ3v) is 5.64. The van der Waals surface area contributed by atoms with E-state index in [2.05, 4.69) is 10.4 Å². The molecule has 0 bridgehead atoms. The van der Waals surface area contributed by atoms with Crippen molar-refractivity contribution in [1.29, 1.82) is 0 Å². The zero-order valence-corrected chi connectivity index (χ0v) is 19.8. The number of benzene rings is 2. The normalized spacial score (nSPS) is 11.5. The lowest BCUT2D eigenvalue weighted by molar-refractivity contribution is -0.139. The minimum atomic E-state index is -1.27. The van der Waals surface area contributed by atoms with Gasteiger partial charge in [0.2, 0.25) is 5.91 Å². The summed E-state index contributed by atoms with van der Waals surface area (Å²) < 4.78 is 6.15. The van der Waals surface area contributed by atoms with Crippen LogP contribution in [0, 0.1) is 0 Å². The molecule has 10 nitrogen and oxygen atoms in total. The van der Waals surface area contributed by atoms with E-state index in [0.29, 0.717) is 11.1 Å². The molecule has 0 saturated heterocycles. The summed E-state index contributed by atoms with van der Waals surface area (Å²) in [6.07, 6.45) is 1.24. The molecule has 0 spiro atoms. The number of nitrogens with zero attached hydrogens (tertiary/aromatic N) is 2. The summed E-state index contributed by atoms with van der Waals surface area (Å²) in [5.41, 5.74) is 5.75. The Balaban J connectivity index is 1.85. The molecule has 0 aliphatic carbocycles. The van der Waals surface area contributed by atoms with Gasteiger partial charge in [0, 0.05) is 6.42 Å². The van der Waals surface area contributed by atoms with Crippen molar-refractivity contribution in [2.45, 2.75) is 19.0 Å². The van der Waals surface area contributed by atoms with Crippen molar-refractivity contribution in [3.05, 3.63) is 80.2 Å². The highest BCUT2D eigenvalue weighted by Crippen LogP contribution is 2.26. The number of nitrogens with two attached hydrogens (primary N) is 1. The van der Waals surface area contributed by atoms with E-state index in [1.807, 2.05) is 0 Å². The van der Waals surface area contributed by atoms with Gasteiger partial charge in [0.1, 0.15) is 12.6 Å². The van der Waals surface area contributed by atoms with E-state index in [0.717, 1.165) is 4.68 Å². The van der Waals surface area contributed by atoms with E-state index in [4.69, 9.17) is 33.7 Å². The van der Waals surface area contributed by atoms with Gasteiger partial charge in [-0.3, -0.25) is 14.4 Å². The Morgan fingerprint density at radius 1 is 1.14 bits per heavy atom. The Morgan fingerprint density at radius 2 is 1.77 bits per heavy atom. The topological polar surface area (TPSA) is 154 Å². The van der Waals surface area contributed by atoms with Crippen LogP contribution in [0.2, 0.25) is 10.0 Å². The number of amides is 2. The third-order valence-electron chi connectivity index (χ3n) is 5.01. The Kier molecular flexibility index (Phi) is 8.10. The second kappa shape index (κ2) is 11.0. The number of carboxylic acids is 1. The number of aromatic nitrogens is 2. The van der Waals surface area contributed by atoms with E-state index in [1.165, 1.54) is 25.4 Å². The molecule has 2 aromatic carbocycles. The van der Waals surface area contributed by atoms with Crippen molar-refractivity contribution in [3.8, 4) is 16.9 Å². The highest BCUT2D eigenvalue weighted by atomic mass is 35.5. The van der Waals surface area contributed by atoms with E-state index in [1.54, 1.807) is 30.3 Å².